The van der Waals surface area contributed by atoms with Gasteiger partial charge < -0.3 is 19.4 Å². The minimum atomic E-state index is -0.499. The van der Waals surface area contributed by atoms with Crippen molar-refractivity contribution in [2.45, 2.75) is 39.5 Å². The van der Waals surface area contributed by atoms with E-state index in [0.717, 1.165) is 11.4 Å². The Kier molecular flexibility index (Phi) is 8.23. The molecule has 11 nitrogen and oxygen atoms in total. The molecule has 2 saturated heterocycles. The lowest BCUT2D eigenvalue weighted by Crippen LogP contribution is -2.51. The van der Waals surface area contributed by atoms with E-state index < -0.39 is 4.92 Å². The van der Waals surface area contributed by atoms with Crippen molar-refractivity contribution in [2.24, 2.45) is 0 Å². The van der Waals surface area contributed by atoms with Crippen molar-refractivity contribution in [3.63, 3.8) is 0 Å². The molecule has 1 aromatic carbocycles. The Labute approximate surface area is 221 Å². The van der Waals surface area contributed by atoms with Gasteiger partial charge in [0.15, 0.2) is 0 Å². The van der Waals surface area contributed by atoms with E-state index in [2.05, 4.69) is 0 Å². The zero-order valence-corrected chi connectivity index (χ0v) is 22.0. The van der Waals surface area contributed by atoms with Crippen molar-refractivity contribution in [3.8, 4) is 0 Å². The molecule has 0 N–H and O–H groups in total. The number of non-ortho nitro benzene ring substituents is 1. The van der Waals surface area contributed by atoms with Gasteiger partial charge >= 0.3 is 6.09 Å². The molecule has 2 fully saturated rings. The third-order valence-electron chi connectivity index (χ3n) is 7.22. The zero-order valence-electron chi connectivity index (χ0n) is 22.0. The number of likely N-dealkylation sites (tertiary alicyclic amines) is 1. The quantitative estimate of drug-likeness (QED) is 0.433. The highest BCUT2D eigenvalue weighted by Gasteiger charge is 2.32. The number of benzene rings is 1. The Hall–Kier alpha value is -4.02. The van der Waals surface area contributed by atoms with Crippen LogP contribution >= 0.6 is 0 Å². The van der Waals surface area contributed by atoms with E-state index in [-0.39, 0.29) is 29.5 Å². The van der Waals surface area contributed by atoms with Gasteiger partial charge in [-0.1, -0.05) is 6.07 Å². The molecule has 3 amide bonds. The number of carbonyl (C=O) groups is 3. The predicted octanol–water partition coefficient (Wildman–Crippen LogP) is 3.54. The SMILES string of the molecule is CCOC(=O)N1CCN(C(=O)c2ccc(C)nc2C2CCN(C(=O)c3cc([N+](=O)[O-])ccc3C)CC2)CC1. The molecule has 0 atom stereocenters. The summed E-state index contributed by atoms with van der Waals surface area (Å²) in [6, 6.07) is 7.98. The summed E-state index contributed by atoms with van der Waals surface area (Å²) in [5.41, 5.74) is 3.03. The average molecular weight is 524 g/mol. The Morgan fingerprint density at radius 2 is 1.53 bits per heavy atom. The van der Waals surface area contributed by atoms with Crippen molar-refractivity contribution in [3.05, 3.63) is 68.5 Å². The summed E-state index contributed by atoms with van der Waals surface area (Å²) in [7, 11) is 0. The van der Waals surface area contributed by atoms with Crippen LogP contribution in [-0.2, 0) is 4.74 Å². The van der Waals surface area contributed by atoms with Crippen LogP contribution in [0.5, 0.6) is 0 Å². The number of piperazine rings is 1. The molecule has 0 saturated carbocycles. The molecule has 4 rings (SSSR count). The van der Waals surface area contributed by atoms with Crippen molar-refractivity contribution >= 4 is 23.6 Å². The van der Waals surface area contributed by atoms with Gasteiger partial charge in [-0.15, -0.1) is 0 Å². The van der Waals surface area contributed by atoms with Crippen molar-refractivity contribution in [2.75, 3.05) is 45.9 Å². The Balaban J connectivity index is 1.44. The monoisotopic (exact) mass is 523 g/mol. The van der Waals surface area contributed by atoms with Crippen LogP contribution in [0, 0.1) is 24.0 Å². The highest BCUT2D eigenvalue weighted by atomic mass is 16.6. The molecule has 11 heteroatoms. The molecule has 202 valence electrons. The molecular weight excluding hydrogens is 490 g/mol. The number of rotatable bonds is 5. The third kappa shape index (κ3) is 5.76. The Morgan fingerprint density at radius 3 is 2.16 bits per heavy atom. The van der Waals surface area contributed by atoms with Crippen LogP contribution in [0.25, 0.3) is 0 Å². The minimum Gasteiger partial charge on any atom is -0.450 e. The Morgan fingerprint density at radius 1 is 0.921 bits per heavy atom. The van der Waals surface area contributed by atoms with Gasteiger partial charge in [0.05, 0.1) is 22.8 Å². The number of aryl methyl sites for hydroxylation is 2. The maximum absolute atomic E-state index is 13.5. The van der Waals surface area contributed by atoms with Crippen molar-refractivity contribution in [1.82, 2.24) is 19.7 Å². The van der Waals surface area contributed by atoms with Crippen LogP contribution in [0.15, 0.2) is 30.3 Å². The molecule has 38 heavy (non-hydrogen) atoms. The number of carbonyl (C=O) groups excluding carboxylic acids is 3. The van der Waals surface area contributed by atoms with Gasteiger partial charge in [0, 0.05) is 68.6 Å². The fourth-order valence-corrected chi connectivity index (χ4v) is 5.03. The number of hydrogen-bond donors (Lipinski definition) is 0. The van der Waals surface area contributed by atoms with Gasteiger partial charge in [-0.2, -0.15) is 0 Å². The van der Waals surface area contributed by atoms with Crippen LogP contribution in [0.1, 0.15) is 63.4 Å². The fourth-order valence-electron chi connectivity index (χ4n) is 5.03. The largest absolute Gasteiger partial charge is 0.450 e. The van der Waals surface area contributed by atoms with Gasteiger partial charge in [-0.3, -0.25) is 24.7 Å². The second-order valence-electron chi connectivity index (χ2n) is 9.69. The normalized spacial score (nSPS) is 16.3. The van der Waals surface area contributed by atoms with Gasteiger partial charge in [0.1, 0.15) is 0 Å². The summed E-state index contributed by atoms with van der Waals surface area (Å²) in [6.45, 7) is 8.32. The number of nitro benzene ring substituents is 1. The van der Waals surface area contributed by atoms with Crippen LogP contribution < -0.4 is 0 Å². The number of amides is 3. The van der Waals surface area contributed by atoms with Crippen LogP contribution in [-0.4, -0.2) is 88.4 Å². The minimum absolute atomic E-state index is 0.00456. The van der Waals surface area contributed by atoms with Gasteiger partial charge in [0.25, 0.3) is 17.5 Å². The number of pyridine rings is 1. The topological polar surface area (TPSA) is 126 Å². The van der Waals surface area contributed by atoms with Gasteiger partial charge in [-0.05, 0) is 51.3 Å². The van der Waals surface area contributed by atoms with E-state index in [1.807, 2.05) is 19.1 Å². The first-order chi connectivity index (χ1) is 18.2. The van der Waals surface area contributed by atoms with E-state index >= 15 is 0 Å². The summed E-state index contributed by atoms with van der Waals surface area (Å²) in [6.07, 6.45) is 0.902. The number of aromatic nitrogens is 1. The third-order valence-corrected chi connectivity index (χ3v) is 7.22. The second-order valence-corrected chi connectivity index (χ2v) is 9.69. The lowest BCUT2D eigenvalue weighted by atomic mass is 9.89. The summed E-state index contributed by atoms with van der Waals surface area (Å²) in [5, 5.41) is 11.2. The van der Waals surface area contributed by atoms with Crippen LogP contribution in [0.2, 0.25) is 0 Å². The first kappa shape index (κ1) is 27.0. The van der Waals surface area contributed by atoms with Crippen LogP contribution in [0.3, 0.4) is 0 Å². The van der Waals surface area contributed by atoms with E-state index in [1.165, 1.54) is 12.1 Å². The van der Waals surface area contributed by atoms with Gasteiger partial charge in [0.2, 0.25) is 0 Å². The molecule has 0 bridgehead atoms. The summed E-state index contributed by atoms with van der Waals surface area (Å²) in [4.78, 5) is 59.2. The first-order valence-electron chi connectivity index (χ1n) is 12.9. The zero-order chi connectivity index (χ0) is 27.4. The maximum atomic E-state index is 13.5. The van der Waals surface area contributed by atoms with Crippen molar-refractivity contribution in [1.29, 1.82) is 0 Å². The first-order valence-corrected chi connectivity index (χ1v) is 12.9. The molecule has 2 aliphatic rings. The molecule has 3 heterocycles. The molecule has 1 aromatic heterocycles. The van der Waals surface area contributed by atoms with E-state index in [9.17, 15) is 24.5 Å². The molecule has 0 unspecified atom stereocenters. The smallest absolute Gasteiger partial charge is 0.409 e. The van der Waals surface area contributed by atoms with Crippen molar-refractivity contribution < 1.29 is 24.0 Å². The van der Waals surface area contributed by atoms with Gasteiger partial charge in [-0.25, -0.2) is 4.79 Å². The number of nitrogens with zero attached hydrogens (tertiary/aromatic N) is 5. The highest BCUT2D eigenvalue weighted by Crippen LogP contribution is 2.31. The second kappa shape index (κ2) is 11.6. The standard InChI is InChI=1S/C27H33N5O6/c1-4-38-27(35)31-15-13-30(14-16-31)25(33)22-8-6-19(3)28-24(22)20-9-11-29(12-10-20)26(34)23-17-21(32(36)37)7-5-18(23)2/h5-8,17,20H,4,9-16H2,1-3H3. The number of hydrogen-bond acceptors (Lipinski definition) is 7. The lowest BCUT2D eigenvalue weighted by Gasteiger charge is -2.35. The molecular formula is C27H33N5O6. The number of ether oxygens (including phenoxy) is 1. The van der Waals surface area contributed by atoms with E-state index in [1.54, 1.807) is 34.6 Å². The van der Waals surface area contributed by atoms with E-state index in [0.29, 0.717) is 75.4 Å². The Bertz CT molecular complexity index is 1230. The summed E-state index contributed by atoms with van der Waals surface area (Å²) < 4.78 is 5.07. The van der Waals surface area contributed by atoms with Crippen LogP contribution in [0.4, 0.5) is 10.5 Å². The predicted molar refractivity (Wildman–Crippen MR) is 139 cm³/mol. The molecule has 2 aromatic rings. The summed E-state index contributed by atoms with van der Waals surface area (Å²) in [5.74, 6) is -0.329. The highest BCUT2D eigenvalue weighted by molar-refractivity contribution is 5.97. The number of piperidine rings is 1. The average Bonchev–Trinajstić information content (AvgIpc) is 2.92. The molecule has 0 spiro atoms. The molecule has 0 aliphatic carbocycles. The van der Waals surface area contributed by atoms with E-state index in [4.69, 9.17) is 9.72 Å². The fraction of sp³-hybridized carbons (Fsp3) is 0.481. The molecule has 0 radical (unpaired) electrons. The summed E-state index contributed by atoms with van der Waals surface area (Å²) >= 11 is 0. The lowest BCUT2D eigenvalue weighted by molar-refractivity contribution is -0.384. The maximum Gasteiger partial charge on any atom is 0.409 e. The number of nitro groups is 1. The molecule has 2 aliphatic heterocycles.